The van der Waals surface area contributed by atoms with Gasteiger partial charge in [-0.1, -0.05) is 31.4 Å². The molecule has 2 aliphatic rings. The summed E-state index contributed by atoms with van der Waals surface area (Å²) in [5.74, 6) is 2.52. The molecule has 4 rings (SSSR count). The van der Waals surface area contributed by atoms with Crippen LogP contribution in [0.4, 0.5) is 5.82 Å². The summed E-state index contributed by atoms with van der Waals surface area (Å²) in [5, 5.41) is 3.57. The average molecular weight is 352 g/mol. The van der Waals surface area contributed by atoms with Crippen molar-refractivity contribution in [2.75, 3.05) is 19.0 Å². The Morgan fingerprint density at radius 2 is 1.96 bits per heavy atom. The number of rotatable bonds is 5. The molecule has 1 aliphatic carbocycles. The largest absolute Gasteiger partial charge is 0.497 e. The number of nitrogens with one attached hydrogen (secondary N) is 1. The van der Waals surface area contributed by atoms with Crippen LogP contribution >= 0.6 is 0 Å². The summed E-state index contributed by atoms with van der Waals surface area (Å²) >= 11 is 0. The molecule has 0 amide bonds. The van der Waals surface area contributed by atoms with Gasteiger partial charge < -0.3 is 14.8 Å². The van der Waals surface area contributed by atoms with Crippen molar-refractivity contribution in [3.8, 4) is 5.75 Å². The molecular formula is C22H28N2O2. The molecule has 138 valence electrons. The Balaban J connectivity index is 1.56. The second-order valence-corrected chi connectivity index (χ2v) is 7.37. The lowest BCUT2D eigenvalue weighted by atomic mass is 9.85. The van der Waals surface area contributed by atoms with Crippen LogP contribution < -0.4 is 10.1 Å². The molecule has 2 aromatic rings. The SMILES string of the molecule is COc1ccc(CNc2nc(C3CCCCC3)cc3c2COCC3)cc1. The third-order valence-corrected chi connectivity index (χ3v) is 5.64. The van der Waals surface area contributed by atoms with Gasteiger partial charge in [-0.25, -0.2) is 4.98 Å². The number of nitrogens with zero attached hydrogens (tertiary/aromatic N) is 1. The van der Waals surface area contributed by atoms with Crippen LogP contribution in [0.15, 0.2) is 30.3 Å². The van der Waals surface area contributed by atoms with Crippen molar-refractivity contribution in [1.82, 2.24) is 4.98 Å². The van der Waals surface area contributed by atoms with Crippen LogP contribution in [0.2, 0.25) is 0 Å². The first-order valence-corrected chi connectivity index (χ1v) is 9.81. The fraction of sp³-hybridized carbons (Fsp3) is 0.500. The van der Waals surface area contributed by atoms with E-state index in [1.807, 2.05) is 12.1 Å². The van der Waals surface area contributed by atoms with Gasteiger partial charge in [0, 0.05) is 23.7 Å². The number of fused-ring (bicyclic) bond motifs is 1. The first-order chi connectivity index (χ1) is 12.8. The molecule has 1 saturated carbocycles. The van der Waals surface area contributed by atoms with Crippen molar-refractivity contribution >= 4 is 5.82 Å². The van der Waals surface area contributed by atoms with Gasteiger partial charge in [0.05, 0.1) is 20.3 Å². The molecule has 4 heteroatoms. The first kappa shape index (κ1) is 17.3. The zero-order chi connectivity index (χ0) is 17.8. The predicted octanol–water partition coefficient (Wildman–Crippen LogP) is 4.82. The molecule has 1 aromatic heterocycles. The molecule has 0 spiro atoms. The Morgan fingerprint density at radius 3 is 2.73 bits per heavy atom. The van der Waals surface area contributed by atoms with E-state index in [1.54, 1.807) is 7.11 Å². The first-order valence-electron chi connectivity index (χ1n) is 9.81. The van der Waals surface area contributed by atoms with Crippen LogP contribution in [0, 0.1) is 0 Å². The summed E-state index contributed by atoms with van der Waals surface area (Å²) in [6, 6.07) is 10.6. The van der Waals surface area contributed by atoms with Crippen molar-refractivity contribution < 1.29 is 9.47 Å². The molecule has 0 radical (unpaired) electrons. The minimum absolute atomic E-state index is 0.624. The van der Waals surface area contributed by atoms with Crippen molar-refractivity contribution in [2.45, 2.75) is 57.6 Å². The number of pyridine rings is 1. The van der Waals surface area contributed by atoms with E-state index < -0.39 is 0 Å². The number of hydrogen-bond donors (Lipinski definition) is 1. The monoisotopic (exact) mass is 352 g/mol. The van der Waals surface area contributed by atoms with E-state index in [1.165, 1.54) is 54.5 Å². The molecule has 1 aromatic carbocycles. The molecule has 0 saturated heterocycles. The van der Waals surface area contributed by atoms with Gasteiger partial charge >= 0.3 is 0 Å². The summed E-state index contributed by atoms with van der Waals surface area (Å²) < 4.78 is 10.9. The smallest absolute Gasteiger partial charge is 0.132 e. The standard InChI is InChI=1S/C22H28N2O2/c1-25-19-9-7-16(8-10-19)14-23-22-20-15-26-12-11-18(20)13-21(24-22)17-5-3-2-4-6-17/h7-10,13,17H,2-6,11-12,14-15H2,1H3,(H,23,24). The molecule has 0 atom stereocenters. The van der Waals surface area contributed by atoms with Crippen molar-refractivity contribution in [1.29, 1.82) is 0 Å². The van der Waals surface area contributed by atoms with Crippen LogP contribution in [-0.4, -0.2) is 18.7 Å². The maximum Gasteiger partial charge on any atom is 0.132 e. The Morgan fingerprint density at radius 1 is 1.15 bits per heavy atom. The summed E-state index contributed by atoms with van der Waals surface area (Å²) in [6.45, 7) is 2.24. The van der Waals surface area contributed by atoms with E-state index in [0.717, 1.165) is 31.1 Å². The summed E-state index contributed by atoms with van der Waals surface area (Å²) in [4.78, 5) is 5.04. The molecule has 0 bridgehead atoms. The van der Waals surface area contributed by atoms with E-state index in [0.29, 0.717) is 12.5 Å². The second kappa shape index (κ2) is 8.09. The summed E-state index contributed by atoms with van der Waals surface area (Å²) in [7, 11) is 1.69. The van der Waals surface area contributed by atoms with Gasteiger partial charge in [-0.2, -0.15) is 0 Å². The highest BCUT2D eigenvalue weighted by atomic mass is 16.5. The predicted molar refractivity (Wildman–Crippen MR) is 104 cm³/mol. The van der Waals surface area contributed by atoms with Gasteiger partial charge in [-0.3, -0.25) is 0 Å². The van der Waals surface area contributed by atoms with E-state index in [4.69, 9.17) is 14.5 Å². The highest BCUT2D eigenvalue weighted by molar-refractivity contribution is 5.51. The van der Waals surface area contributed by atoms with Crippen LogP contribution in [-0.2, 0) is 24.3 Å². The summed E-state index contributed by atoms with van der Waals surface area (Å²) in [6.07, 6.45) is 7.59. The lowest BCUT2D eigenvalue weighted by Gasteiger charge is -2.26. The normalized spacial score (nSPS) is 17.6. The number of anilines is 1. The van der Waals surface area contributed by atoms with Crippen molar-refractivity contribution in [3.63, 3.8) is 0 Å². The summed E-state index contributed by atoms with van der Waals surface area (Å²) in [5.41, 5.74) is 5.16. The number of aromatic nitrogens is 1. The molecule has 0 unspecified atom stereocenters. The highest BCUT2D eigenvalue weighted by Gasteiger charge is 2.22. The van der Waals surface area contributed by atoms with Crippen LogP contribution in [0.25, 0.3) is 0 Å². The van der Waals surface area contributed by atoms with Gasteiger partial charge in [0.15, 0.2) is 0 Å². The molecule has 2 heterocycles. The molecule has 4 nitrogen and oxygen atoms in total. The Hall–Kier alpha value is -2.07. The zero-order valence-corrected chi connectivity index (χ0v) is 15.6. The fourth-order valence-corrected chi connectivity index (χ4v) is 4.07. The number of ether oxygens (including phenoxy) is 2. The Bertz CT molecular complexity index is 737. The highest BCUT2D eigenvalue weighted by Crippen LogP contribution is 2.35. The van der Waals surface area contributed by atoms with Gasteiger partial charge in [-0.15, -0.1) is 0 Å². The van der Waals surface area contributed by atoms with Crippen LogP contribution in [0.3, 0.4) is 0 Å². The van der Waals surface area contributed by atoms with Crippen LogP contribution in [0.5, 0.6) is 5.75 Å². The van der Waals surface area contributed by atoms with E-state index in [-0.39, 0.29) is 0 Å². The number of hydrogen-bond acceptors (Lipinski definition) is 4. The van der Waals surface area contributed by atoms with Gasteiger partial charge in [0.1, 0.15) is 11.6 Å². The van der Waals surface area contributed by atoms with Gasteiger partial charge in [0.2, 0.25) is 0 Å². The van der Waals surface area contributed by atoms with Crippen molar-refractivity contribution in [2.24, 2.45) is 0 Å². The molecule has 26 heavy (non-hydrogen) atoms. The molecule has 1 N–H and O–H groups in total. The Kier molecular flexibility index (Phi) is 5.40. The minimum atomic E-state index is 0.624. The number of benzene rings is 1. The maximum absolute atomic E-state index is 5.71. The zero-order valence-electron chi connectivity index (χ0n) is 15.6. The third kappa shape index (κ3) is 3.85. The maximum atomic E-state index is 5.71. The molecular weight excluding hydrogens is 324 g/mol. The van der Waals surface area contributed by atoms with Gasteiger partial charge in [-0.05, 0) is 48.6 Å². The van der Waals surface area contributed by atoms with Crippen molar-refractivity contribution in [3.05, 3.63) is 52.7 Å². The quantitative estimate of drug-likeness (QED) is 0.837. The fourth-order valence-electron chi connectivity index (χ4n) is 4.07. The second-order valence-electron chi connectivity index (χ2n) is 7.37. The van der Waals surface area contributed by atoms with E-state index in [9.17, 15) is 0 Å². The molecule has 1 aliphatic heterocycles. The topological polar surface area (TPSA) is 43.4 Å². The van der Waals surface area contributed by atoms with Crippen LogP contribution in [0.1, 0.15) is 60.4 Å². The van der Waals surface area contributed by atoms with Gasteiger partial charge in [0.25, 0.3) is 0 Å². The lowest BCUT2D eigenvalue weighted by Crippen LogP contribution is -2.17. The van der Waals surface area contributed by atoms with E-state index >= 15 is 0 Å². The molecule has 1 fully saturated rings. The third-order valence-electron chi connectivity index (χ3n) is 5.64. The lowest BCUT2D eigenvalue weighted by molar-refractivity contribution is 0.111. The average Bonchev–Trinajstić information content (AvgIpc) is 2.73. The van der Waals surface area contributed by atoms with E-state index in [2.05, 4.69) is 23.5 Å². The number of methoxy groups -OCH3 is 1. The Labute approximate surface area is 155 Å². The minimum Gasteiger partial charge on any atom is -0.497 e.